The highest BCUT2D eigenvalue weighted by Crippen LogP contribution is 2.47. The molecule has 1 aromatic rings. The van der Waals surface area contributed by atoms with Crippen LogP contribution in [-0.4, -0.2) is 103 Å². The molecule has 9 nitrogen and oxygen atoms in total. The molecule has 0 aromatic heterocycles. The molecule has 5 aliphatic rings. The van der Waals surface area contributed by atoms with E-state index in [-0.39, 0.29) is 35.5 Å². The molecule has 1 saturated carbocycles. The molecule has 3 heterocycles. The van der Waals surface area contributed by atoms with E-state index >= 15 is 0 Å². The molecule has 6 rings (SSSR count). The van der Waals surface area contributed by atoms with Gasteiger partial charge in [-0.2, -0.15) is 0 Å². The van der Waals surface area contributed by atoms with E-state index in [9.17, 15) is 9.59 Å². The van der Waals surface area contributed by atoms with Crippen molar-refractivity contribution in [1.82, 2.24) is 25.3 Å². The average molecular weight is 551 g/mol. The van der Waals surface area contributed by atoms with Gasteiger partial charge in [0.2, 0.25) is 5.91 Å². The largest absolute Gasteiger partial charge is 0.348 e. The van der Waals surface area contributed by atoms with E-state index in [4.69, 9.17) is 10.5 Å². The lowest BCUT2D eigenvalue weighted by Crippen LogP contribution is -2.75. The maximum absolute atomic E-state index is 14.5. The van der Waals surface area contributed by atoms with Crippen molar-refractivity contribution in [2.75, 3.05) is 46.4 Å². The van der Waals surface area contributed by atoms with Gasteiger partial charge in [0.15, 0.2) is 12.1 Å². The van der Waals surface area contributed by atoms with Crippen LogP contribution < -0.4 is 16.4 Å². The van der Waals surface area contributed by atoms with Crippen LogP contribution in [0.15, 0.2) is 36.9 Å². The molecule has 6 unspecified atom stereocenters. The molecule has 218 valence electrons. The predicted molar refractivity (Wildman–Crippen MR) is 154 cm³/mol. The minimum absolute atomic E-state index is 0.0234. The van der Waals surface area contributed by atoms with Crippen molar-refractivity contribution in [3.05, 3.63) is 48.0 Å². The lowest BCUT2D eigenvalue weighted by atomic mass is 9.59. The SMILES string of the molecule is C=CC(=O)N1CCN(C2NC(OCC3CCCN3C)NC3C(=O)[C@]4(CCc5ccccc5C4)CCC32)CC1CN. The second kappa shape index (κ2) is 11.6. The summed E-state index contributed by atoms with van der Waals surface area (Å²) in [6.45, 7) is 7.79. The van der Waals surface area contributed by atoms with Crippen molar-refractivity contribution in [1.29, 1.82) is 0 Å². The molecular weight excluding hydrogens is 504 g/mol. The molecule has 4 N–H and O–H groups in total. The number of piperazine rings is 1. The number of rotatable bonds is 6. The number of amides is 1. The van der Waals surface area contributed by atoms with Gasteiger partial charge in [-0.05, 0) is 75.7 Å². The third kappa shape index (κ3) is 5.16. The second-order valence-electron chi connectivity index (χ2n) is 12.7. The first-order valence-electron chi connectivity index (χ1n) is 15.2. The van der Waals surface area contributed by atoms with Gasteiger partial charge in [0.25, 0.3) is 0 Å². The number of nitrogens with two attached hydrogens (primary N) is 1. The monoisotopic (exact) mass is 550 g/mol. The van der Waals surface area contributed by atoms with E-state index in [1.807, 2.05) is 4.90 Å². The van der Waals surface area contributed by atoms with Crippen LogP contribution in [0.3, 0.4) is 0 Å². The first-order valence-corrected chi connectivity index (χ1v) is 15.2. The zero-order chi connectivity index (χ0) is 27.9. The minimum atomic E-state index is -0.403. The molecule has 3 saturated heterocycles. The molecule has 4 fully saturated rings. The fourth-order valence-corrected chi connectivity index (χ4v) is 8.12. The Kier molecular flexibility index (Phi) is 8.14. The van der Waals surface area contributed by atoms with Gasteiger partial charge in [0.05, 0.1) is 24.9 Å². The average Bonchev–Trinajstić information content (AvgIpc) is 3.41. The van der Waals surface area contributed by atoms with Crippen LogP contribution >= 0.6 is 0 Å². The Morgan fingerprint density at radius 2 is 1.98 bits per heavy atom. The molecule has 2 aliphatic carbocycles. The number of nitrogens with one attached hydrogen (secondary N) is 2. The number of carbonyl (C=O) groups excluding carboxylic acids is 2. The van der Waals surface area contributed by atoms with Crippen LogP contribution in [-0.2, 0) is 27.2 Å². The number of likely N-dealkylation sites (tertiary alicyclic amines) is 1. The number of benzene rings is 1. The third-order valence-corrected chi connectivity index (χ3v) is 10.5. The van der Waals surface area contributed by atoms with Gasteiger partial charge in [-0.25, -0.2) is 0 Å². The van der Waals surface area contributed by atoms with Crippen molar-refractivity contribution < 1.29 is 14.3 Å². The number of ketones is 1. The van der Waals surface area contributed by atoms with E-state index < -0.39 is 6.35 Å². The maximum atomic E-state index is 14.5. The second-order valence-corrected chi connectivity index (χ2v) is 12.7. The minimum Gasteiger partial charge on any atom is -0.348 e. The fraction of sp³-hybridized carbons (Fsp3) is 0.677. The Labute approximate surface area is 238 Å². The lowest BCUT2D eigenvalue weighted by molar-refractivity contribution is -0.153. The predicted octanol–water partition coefficient (Wildman–Crippen LogP) is 1.08. The Bertz CT molecular complexity index is 1110. The fourth-order valence-electron chi connectivity index (χ4n) is 8.12. The standard InChI is InChI=1S/C31H46N6O3/c1-3-26(38)37-16-15-36(19-24(37)18-32)29-25-11-13-31(12-10-21-7-4-5-8-22(21)17-31)28(39)27(25)33-30(34-29)40-20-23-9-6-14-35(23)2/h3-5,7-8,23-25,27,29-30,33-34H,1,6,9-20,32H2,2H3/t23?,24?,25?,27?,29?,30?,31-/m1/s1. The zero-order valence-electron chi connectivity index (χ0n) is 23.9. The molecule has 3 aliphatic heterocycles. The number of ether oxygens (including phenoxy) is 1. The smallest absolute Gasteiger partial charge is 0.246 e. The summed E-state index contributed by atoms with van der Waals surface area (Å²) in [5, 5.41) is 7.39. The van der Waals surface area contributed by atoms with Gasteiger partial charge >= 0.3 is 0 Å². The highest BCUT2D eigenvalue weighted by atomic mass is 16.5. The molecule has 7 atom stereocenters. The van der Waals surface area contributed by atoms with Crippen LogP contribution in [0.5, 0.6) is 0 Å². The number of hydrogen-bond donors (Lipinski definition) is 3. The van der Waals surface area contributed by atoms with Gasteiger partial charge in [-0.3, -0.25) is 25.1 Å². The van der Waals surface area contributed by atoms with Crippen LogP contribution in [0.25, 0.3) is 0 Å². The van der Waals surface area contributed by atoms with E-state index in [0.29, 0.717) is 38.1 Å². The number of nitrogens with zero attached hydrogens (tertiary/aromatic N) is 3. The lowest BCUT2D eigenvalue weighted by Gasteiger charge is -2.55. The molecule has 1 aromatic carbocycles. The summed E-state index contributed by atoms with van der Waals surface area (Å²) in [6, 6.07) is 8.68. The molecule has 9 heteroatoms. The van der Waals surface area contributed by atoms with Crippen LogP contribution in [0.2, 0.25) is 0 Å². The summed E-state index contributed by atoms with van der Waals surface area (Å²) in [4.78, 5) is 33.6. The van der Waals surface area contributed by atoms with Gasteiger partial charge < -0.3 is 20.3 Å². The summed E-state index contributed by atoms with van der Waals surface area (Å²) in [5.74, 6) is 0.414. The van der Waals surface area contributed by atoms with Crippen LogP contribution in [0, 0.1) is 11.3 Å². The van der Waals surface area contributed by atoms with E-state index in [2.05, 4.69) is 58.3 Å². The van der Waals surface area contributed by atoms with Crippen molar-refractivity contribution in [2.45, 2.75) is 75.6 Å². The van der Waals surface area contributed by atoms with E-state index in [0.717, 1.165) is 51.6 Å². The Hall–Kier alpha value is -2.14. The van der Waals surface area contributed by atoms with Crippen molar-refractivity contribution in [2.24, 2.45) is 17.1 Å². The number of carbonyl (C=O) groups is 2. The van der Waals surface area contributed by atoms with Crippen LogP contribution in [0.4, 0.5) is 0 Å². The molecule has 0 bridgehead atoms. The van der Waals surface area contributed by atoms with Gasteiger partial charge in [-0.15, -0.1) is 0 Å². The number of likely N-dealkylation sites (N-methyl/N-ethyl adjacent to an activating group) is 1. The summed E-state index contributed by atoms with van der Waals surface area (Å²) in [7, 11) is 2.16. The van der Waals surface area contributed by atoms with Gasteiger partial charge in [-0.1, -0.05) is 30.8 Å². The molecule has 1 amide bonds. The quantitative estimate of drug-likeness (QED) is 0.453. The Morgan fingerprint density at radius 1 is 1.15 bits per heavy atom. The normalized spacial score (nSPS) is 36.9. The number of hydrogen-bond acceptors (Lipinski definition) is 8. The summed E-state index contributed by atoms with van der Waals surface area (Å²) < 4.78 is 6.47. The van der Waals surface area contributed by atoms with Crippen molar-refractivity contribution >= 4 is 11.7 Å². The number of Topliss-reactive ketones (excluding diaryl/α,β-unsaturated/α-hetero) is 1. The topological polar surface area (TPSA) is 103 Å². The number of aryl methyl sites for hydroxylation is 1. The highest BCUT2D eigenvalue weighted by molar-refractivity contribution is 5.91. The summed E-state index contributed by atoms with van der Waals surface area (Å²) >= 11 is 0. The van der Waals surface area contributed by atoms with Crippen LogP contribution in [0.1, 0.15) is 43.2 Å². The van der Waals surface area contributed by atoms with Crippen molar-refractivity contribution in [3.63, 3.8) is 0 Å². The maximum Gasteiger partial charge on any atom is 0.246 e. The van der Waals surface area contributed by atoms with Crippen molar-refractivity contribution in [3.8, 4) is 0 Å². The summed E-state index contributed by atoms with van der Waals surface area (Å²) in [6.07, 6.45) is 7.88. The molecular formula is C31H46N6O3. The first-order chi connectivity index (χ1) is 19.4. The van der Waals surface area contributed by atoms with Gasteiger partial charge in [0.1, 0.15) is 0 Å². The molecule has 1 spiro atoms. The summed E-state index contributed by atoms with van der Waals surface area (Å²) in [5.41, 5.74) is 8.56. The number of fused-ring (bicyclic) bond motifs is 2. The van der Waals surface area contributed by atoms with Gasteiger partial charge in [0, 0.05) is 43.6 Å². The van der Waals surface area contributed by atoms with E-state index in [1.165, 1.54) is 23.6 Å². The Balaban J connectivity index is 1.23. The first kappa shape index (κ1) is 28.0. The Morgan fingerprint density at radius 3 is 2.73 bits per heavy atom. The third-order valence-electron chi connectivity index (χ3n) is 10.5. The zero-order valence-corrected chi connectivity index (χ0v) is 23.9. The molecule has 40 heavy (non-hydrogen) atoms. The molecule has 0 radical (unpaired) electrons. The van der Waals surface area contributed by atoms with E-state index in [1.54, 1.807) is 0 Å². The highest BCUT2D eigenvalue weighted by Gasteiger charge is 2.55.